The number of hydrogen-bond donors (Lipinski definition) is 1. The van der Waals surface area contributed by atoms with Crippen LogP contribution in [0.25, 0.3) is 10.9 Å². The van der Waals surface area contributed by atoms with Crippen molar-refractivity contribution in [1.29, 1.82) is 0 Å². The number of hydrogen-bond acceptors (Lipinski definition) is 6. The monoisotopic (exact) mass is 408 g/mol. The van der Waals surface area contributed by atoms with Crippen LogP contribution in [-0.2, 0) is 16.2 Å². The van der Waals surface area contributed by atoms with Gasteiger partial charge in [-0.15, -0.1) is 10.2 Å². The van der Waals surface area contributed by atoms with E-state index in [9.17, 15) is 9.90 Å². The van der Waals surface area contributed by atoms with Gasteiger partial charge in [0.25, 0.3) is 0 Å². The van der Waals surface area contributed by atoms with Gasteiger partial charge in [-0.05, 0) is 30.7 Å². The van der Waals surface area contributed by atoms with E-state index in [1.54, 1.807) is 10.6 Å². The summed E-state index contributed by atoms with van der Waals surface area (Å²) in [5, 5.41) is 19.4. The number of ether oxygens (including phenoxy) is 2. The minimum atomic E-state index is -0.527. The van der Waals surface area contributed by atoms with E-state index in [0.717, 1.165) is 29.6 Å². The summed E-state index contributed by atoms with van der Waals surface area (Å²) in [6, 6.07) is 15.0. The molecule has 8 nitrogen and oxygen atoms in total. The van der Waals surface area contributed by atoms with E-state index >= 15 is 0 Å². The molecule has 0 atom stereocenters. The molecule has 1 saturated heterocycles. The van der Waals surface area contributed by atoms with Crippen molar-refractivity contribution in [2.24, 2.45) is 10.2 Å². The van der Waals surface area contributed by atoms with Gasteiger partial charge in [-0.1, -0.05) is 30.3 Å². The van der Waals surface area contributed by atoms with Gasteiger partial charge < -0.3 is 14.6 Å². The van der Waals surface area contributed by atoms with Crippen molar-refractivity contribution >= 4 is 22.5 Å². The Morgan fingerprint density at radius 1 is 1.17 bits per heavy atom. The molecule has 1 aromatic heterocycles. The molecular weight excluding hydrogens is 384 g/mol. The number of fused-ring (bicyclic) bond motifs is 1. The molecule has 1 aliphatic rings. The number of nitrogens with zero attached hydrogens (tertiary/aromatic N) is 4. The van der Waals surface area contributed by atoms with Crippen molar-refractivity contribution in [2.45, 2.75) is 13.6 Å². The van der Waals surface area contributed by atoms with Crippen LogP contribution in [0, 0.1) is 6.92 Å². The highest BCUT2D eigenvalue weighted by Crippen LogP contribution is 2.39. The van der Waals surface area contributed by atoms with Crippen LogP contribution in [-0.4, -0.2) is 53.4 Å². The van der Waals surface area contributed by atoms with Crippen LogP contribution < -0.4 is 4.74 Å². The second-order valence-electron chi connectivity index (χ2n) is 7.19. The minimum absolute atomic E-state index is 0.0150. The smallest absolute Gasteiger partial charge is 0.302 e. The molecule has 0 radical (unpaired) electrons. The van der Waals surface area contributed by atoms with E-state index in [0.29, 0.717) is 25.6 Å². The van der Waals surface area contributed by atoms with Crippen LogP contribution in [0.2, 0.25) is 0 Å². The topological polar surface area (TPSA) is 88.7 Å². The fraction of sp³-hybridized carbons (Fsp3) is 0.318. The number of amides is 1. The lowest BCUT2D eigenvalue weighted by Gasteiger charge is -2.27. The number of rotatable bonds is 6. The number of carbonyl (C=O) groups excluding carboxylic acids is 1. The molecule has 0 spiro atoms. The molecule has 1 amide bonds. The fourth-order valence-corrected chi connectivity index (χ4v) is 3.44. The number of carbonyl (C=O) groups is 1. The highest BCUT2D eigenvalue weighted by molar-refractivity contribution is 5.95. The SMILES string of the molecule is Cc1cccc(OCC(=O)N=Nc2c(O)n(CN3CCOCC3)c3ccccc23)c1. The quantitative estimate of drug-likeness (QED) is 0.629. The Bertz CT molecular complexity index is 1070. The molecule has 2 heterocycles. The lowest BCUT2D eigenvalue weighted by atomic mass is 10.2. The van der Waals surface area contributed by atoms with Crippen LogP contribution >= 0.6 is 0 Å². The molecule has 156 valence electrons. The first-order chi connectivity index (χ1) is 14.6. The lowest BCUT2D eigenvalue weighted by Crippen LogP contribution is -2.37. The highest BCUT2D eigenvalue weighted by atomic mass is 16.5. The van der Waals surface area contributed by atoms with Crippen molar-refractivity contribution in [3.8, 4) is 11.6 Å². The molecule has 0 saturated carbocycles. The first-order valence-electron chi connectivity index (χ1n) is 9.86. The van der Waals surface area contributed by atoms with E-state index in [1.165, 1.54) is 0 Å². The fourth-order valence-electron chi connectivity index (χ4n) is 3.44. The normalized spacial score (nSPS) is 15.1. The van der Waals surface area contributed by atoms with Crippen LogP contribution in [0.3, 0.4) is 0 Å². The zero-order chi connectivity index (χ0) is 20.9. The average Bonchev–Trinajstić information content (AvgIpc) is 3.03. The van der Waals surface area contributed by atoms with E-state index < -0.39 is 5.91 Å². The number of morpholine rings is 1. The number of aryl methyl sites for hydroxylation is 1. The molecule has 1 aliphatic heterocycles. The molecule has 30 heavy (non-hydrogen) atoms. The van der Waals surface area contributed by atoms with Crippen molar-refractivity contribution in [1.82, 2.24) is 9.47 Å². The molecule has 0 aliphatic carbocycles. The molecule has 3 aromatic rings. The molecule has 4 rings (SSSR count). The number of benzene rings is 2. The second-order valence-corrected chi connectivity index (χ2v) is 7.19. The van der Waals surface area contributed by atoms with E-state index in [1.807, 2.05) is 49.4 Å². The third kappa shape index (κ3) is 4.50. The summed E-state index contributed by atoms with van der Waals surface area (Å²) >= 11 is 0. The van der Waals surface area contributed by atoms with Gasteiger partial charge in [0.2, 0.25) is 5.88 Å². The van der Waals surface area contributed by atoms with Gasteiger partial charge in [0.15, 0.2) is 12.3 Å². The van der Waals surface area contributed by atoms with Gasteiger partial charge in [-0.2, -0.15) is 0 Å². The first-order valence-corrected chi connectivity index (χ1v) is 9.86. The molecule has 1 N–H and O–H groups in total. The summed E-state index contributed by atoms with van der Waals surface area (Å²) in [5.74, 6) is 0.0586. The lowest BCUT2D eigenvalue weighted by molar-refractivity contribution is -0.120. The molecule has 1 fully saturated rings. The number of azo groups is 1. The molecular formula is C22H24N4O4. The number of para-hydroxylation sites is 1. The van der Waals surface area contributed by atoms with Crippen molar-refractivity contribution < 1.29 is 19.4 Å². The Morgan fingerprint density at radius 3 is 2.77 bits per heavy atom. The first kappa shape index (κ1) is 20.1. The summed E-state index contributed by atoms with van der Waals surface area (Å²) in [6.45, 7) is 5.15. The van der Waals surface area contributed by atoms with E-state index in [2.05, 4.69) is 15.1 Å². The third-order valence-electron chi connectivity index (χ3n) is 4.98. The Hall–Kier alpha value is -3.23. The highest BCUT2D eigenvalue weighted by Gasteiger charge is 2.19. The van der Waals surface area contributed by atoms with Crippen LogP contribution in [0.5, 0.6) is 11.6 Å². The Morgan fingerprint density at radius 2 is 1.97 bits per heavy atom. The van der Waals surface area contributed by atoms with Gasteiger partial charge in [0.1, 0.15) is 5.75 Å². The Balaban J connectivity index is 1.51. The maximum atomic E-state index is 12.1. The summed E-state index contributed by atoms with van der Waals surface area (Å²) in [7, 11) is 0. The zero-order valence-corrected chi connectivity index (χ0v) is 16.8. The third-order valence-corrected chi connectivity index (χ3v) is 4.98. The predicted octanol–water partition coefficient (Wildman–Crippen LogP) is 3.63. The van der Waals surface area contributed by atoms with Crippen molar-refractivity contribution in [3.05, 3.63) is 54.1 Å². The number of aromatic hydroxyl groups is 1. The van der Waals surface area contributed by atoms with Gasteiger partial charge in [0, 0.05) is 18.5 Å². The van der Waals surface area contributed by atoms with Crippen LogP contribution in [0.15, 0.2) is 58.8 Å². The van der Waals surface area contributed by atoms with E-state index in [-0.39, 0.29) is 18.2 Å². The average molecular weight is 408 g/mol. The van der Waals surface area contributed by atoms with Gasteiger partial charge in [-0.25, -0.2) is 0 Å². The zero-order valence-electron chi connectivity index (χ0n) is 16.8. The summed E-state index contributed by atoms with van der Waals surface area (Å²) in [6.07, 6.45) is 0. The summed E-state index contributed by atoms with van der Waals surface area (Å²) < 4.78 is 12.6. The number of aromatic nitrogens is 1. The van der Waals surface area contributed by atoms with Crippen LogP contribution in [0.4, 0.5) is 5.69 Å². The molecule has 2 aromatic carbocycles. The molecule has 0 bridgehead atoms. The standard InChI is InChI=1S/C22H24N4O4/c1-16-5-4-6-17(13-16)30-14-20(27)23-24-21-18-7-2-3-8-19(18)26(22(21)28)15-25-9-11-29-12-10-25/h2-8,13,28H,9-12,14-15H2,1H3. The van der Waals surface area contributed by atoms with Gasteiger partial charge >= 0.3 is 5.91 Å². The van der Waals surface area contributed by atoms with E-state index in [4.69, 9.17) is 9.47 Å². The summed E-state index contributed by atoms with van der Waals surface area (Å²) in [4.78, 5) is 14.3. The minimum Gasteiger partial charge on any atom is -0.493 e. The Labute approximate surface area is 174 Å². The Kier molecular flexibility index (Phi) is 6.06. The maximum Gasteiger partial charge on any atom is 0.302 e. The van der Waals surface area contributed by atoms with Gasteiger partial charge in [0.05, 0.1) is 25.4 Å². The predicted molar refractivity (Wildman–Crippen MR) is 112 cm³/mol. The second kappa shape index (κ2) is 9.06. The maximum absolute atomic E-state index is 12.1. The van der Waals surface area contributed by atoms with Crippen molar-refractivity contribution in [3.63, 3.8) is 0 Å². The largest absolute Gasteiger partial charge is 0.493 e. The van der Waals surface area contributed by atoms with Gasteiger partial charge in [-0.3, -0.25) is 14.3 Å². The van der Waals surface area contributed by atoms with Crippen molar-refractivity contribution in [2.75, 3.05) is 32.9 Å². The molecule has 8 heteroatoms. The van der Waals surface area contributed by atoms with Crippen LogP contribution in [0.1, 0.15) is 5.56 Å². The molecule has 0 unspecified atom stereocenters. The summed E-state index contributed by atoms with van der Waals surface area (Å²) in [5.41, 5.74) is 2.15.